The molecule has 3 heteroatoms. The van der Waals surface area contributed by atoms with Gasteiger partial charge < -0.3 is 0 Å². The van der Waals surface area contributed by atoms with Gasteiger partial charge in [0.25, 0.3) is 0 Å². The molecule has 0 fully saturated rings. The van der Waals surface area contributed by atoms with Gasteiger partial charge in [0.1, 0.15) is 0 Å². The first-order valence-electron chi connectivity index (χ1n) is 3.93. The van der Waals surface area contributed by atoms with E-state index in [0.29, 0.717) is 0 Å². The second-order valence-electron chi connectivity index (χ2n) is 2.68. The number of unbranched alkanes of at least 4 members (excludes halogenated alkanes) is 1. The van der Waals surface area contributed by atoms with E-state index in [1.807, 2.05) is 17.8 Å². The lowest BCUT2D eigenvalue weighted by Gasteiger charge is -1.96. The number of hydrogen-bond acceptors (Lipinski definition) is 1. The van der Waals surface area contributed by atoms with Crippen LogP contribution < -0.4 is 0 Å². The summed E-state index contributed by atoms with van der Waals surface area (Å²) in [7, 11) is 0. The Morgan fingerprint density at radius 3 is 2.82 bits per heavy atom. The standard InChI is InChI=1S/C8H13BrN2/c1-3-4-5-11-6-8(9)7(2)10-11/h6H,3-5H2,1-2H3. The molecule has 0 aliphatic carbocycles. The first-order valence-corrected chi connectivity index (χ1v) is 4.73. The van der Waals surface area contributed by atoms with Gasteiger partial charge >= 0.3 is 0 Å². The van der Waals surface area contributed by atoms with Crippen molar-refractivity contribution >= 4 is 15.9 Å². The molecule has 0 aliphatic rings. The normalized spacial score (nSPS) is 10.5. The van der Waals surface area contributed by atoms with Crippen LogP contribution in [0.3, 0.4) is 0 Å². The fourth-order valence-corrected chi connectivity index (χ4v) is 1.24. The molecule has 0 saturated carbocycles. The molecule has 0 atom stereocenters. The Morgan fingerprint density at radius 2 is 2.36 bits per heavy atom. The molecule has 11 heavy (non-hydrogen) atoms. The first-order chi connectivity index (χ1) is 5.24. The second-order valence-corrected chi connectivity index (χ2v) is 3.53. The number of rotatable bonds is 3. The van der Waals surface area contributed by atoms with Gasteiger partial charge in [0.2, 0.25) is 0 Å². The van der Waals surface area contributed by atoms with Crippen LogP contribution in [-0.4, -0.2) is 9.78 Å². The Hall–Kier alpha value is -0.310. The summed E-state index contributed by atoms with van der Waals surface area (Å²) in [5.41, 5.74) is 1.07. The van der Waals surface area contributed by atoms with Crippen LogP contribution in [0.5, 0.6) is 0 Å². The van der Waals surface area contributed by atoms with E-state index < -0.39 is 0 Å². The van der Waals surface area contributed by atoms with E-state index in [1.54, 1.807) is 0 Å². The predicted molar refractivity (Wildman–Crippen MR) is 49.6 cm³/mol. The molecule has 0 amide bonds. The summed E-state index contributed by atoms with van der Waals surface area (Å²) in [6.45, 7) is 5.22. The number of aromatic nitrogens is 2. The van der Waals surface area contributed by atoms with E-state index in [1.165, 1.54) is 12.8 Å². The maximum atomic E-state index is 4.32. The Labute approximate surface area is 75.7 Å². The smallest absolute Gasteiger partial charge is 0.0735 e. The number of hydrogen-bond donors (Lipinski definition) is 0. The van der Waals surface area contributed by atoms with Crippen molar-refractivity contribution in [2.45, 2.75) is 33.2 Å². The molecule has 1 rings (SSSR count). The van der Waals surface area contributed by atoms with Crippen LogP contribution in [0.4, 0.5) is 0 Å². The van der Waals surface area contributed by atoms with Crippen LogP contribution in [0.25, 0.3) is 0 Å². The molecular formula is C8H13BrN2. The molecule has 0 aromatic carbocycles. The monoisotopic (exact) mass is 216 g/mol. The average Bonchev–Trinajstić information content (AvgIpc) is 2.28. The third-order valence-electron chi connectivity index (χ3n) is 1.63. The predicted octanol–water partition coefficient (Wildman–Crippen LogP) is 2.75. The summed E-state index contributed by atoms with van der Waals surface area (Å²) in [6.07, 6.45) is 4.45. The highest BCUT2D eigenvalue weighted by atomic mass is 79.9. The fraction of sp³-hybridized carbons (Fsp3) is 0.625. The van der Waals surface area contributed by atoms with Gasteiger partial charge in [-0.25, -0.2) is 0 Å². The highest BCUT2D eigenvalue weighted by molar-refractivity contribution is 9.10. The van der Waals surface area contributed by atoms with Crippen molar-refractivity contribution in [1.29, 1.82) is 0 Å². The Kier molecular flexibility index (Phi) is 3.12. The van der Waals surface area contributed by atoms with Crippen molar-refractivity contribution in [3.63, 3.8) is 0 Å². The molecule has 1 heterocycles. The maximum absolute atomic E-state index is 4.32. The molecule has 62 valence electrons. The second kappa shape index (κ2) is 3.90. The van der Waals surface area contributed by atoms with E-state index in [2.05, 4.69) is 28.0 Å². The summed E-state index contributed by atoms with van der Waals surface area (Å²) in [4.78, 5) is 0. The summed E-state index contributed by atoms with van der Waals surface area (Å²) in [5.74, 6) is 0. The summed E-state index contributed by atoms with van der Waals surface area (Å²) in [6, 6.07) is 0. The van der Waals surface area contributed by atoms with Crippen LogP contribution in [0, 0.1) is 6.92 Å². The lowest BCUT2D eigenvalue weighted by molar-refractivity contribution is 0.568. The Morgan fingerprint density at radius 1 is 1.64 bits per heavy atom. The minimum absolute atomic E-state index is 1.03. The van der Waals surface area contributed by atoms with Crippen molar-refractivity contribution < 1.29 is 0 Å². The summed E-state index contributed by atoms with van der Waals surface area (Å²) in [5, 5.41) is 4.32. The van der Waals surface area contributed by atoms with Gasteiger partial charge in [-0.15, -0.1) is 0 Å². The van der Waals surface area contributed by atoms with Crippen molar-refractivity contribution in [2.75, 3.05) is 0 Å². The van der Waals surface area contributed by atoms with Gasteiger partial charge in [-0.2, -0.15) is 5.10 Å². The van der Waals surface area contributed by atoms with Gasteiger partial charge in [0.15, 0.2) is 0 Å². The minimum atomic E-state index is 1.03. The third kappa shape index (κ3) is 2.33. The van der Waals surface area contributed by atoms with Gasteiger partial charge in [-0.1, -0.05) is 13.3 Å². The van der Waals surface area contributed by atoms with Gasteiger partial charge in [-0.05, 0) is 29.3 Å². The van der Waals surface area contributed by atoms with Gasteiger partial charge in [-0.3, -0.25) is 4.68 Å². The minimum Gasteiger partial charge on any atom is -0.271 e. The highest BCUT2D eigenvalue weighted by Gasteiger charge is 1.99. The number of nitrogens with zero attached hydrogens (tertiary/aromatic N) is 2. The fourth-order valence-electron chi connectivity index (χ4n) is 0.928. The third-order valence-corrected chi connectivity index (χ3v) is 2.41. The molecule has 0 spiro atoms. The van der Waals surface area contributed by atoms with E-state index in [9.17, 15) is 0 Å². The summed E-state index contributed by atoms with van der Waals surface area (Å²) >= 11 is 3.42. The molecule has 0 N–H and O–H groups in total. The van der Waals surface area contributed by atoms with E-state index in [0.717, 1.165) is 16.7 Å². The molecular weight excluding hydrogens is 204 g/mol. The van der Waals surface area contributed by atoms with Crippen molar-refractivity contribution in [3.8, 4) is 0 Å². The lowest BCUT2D eigenvalue weighted by atomic mass is 10.3. The average molecular weight is 217 g/mol. The zero-order valence-electron chi connectivity index (χ0n) is 6.97. The molecule has 1 aromatic rings. The maximum Gasteiger partial charge on any atom is 0.0735 e. The molecule has 0 aliphatic heterocycles. The largest absolute Gasteiger partial charge is 0.271 e. The van der Waals surface area contributed by atoms with Crippen LogP contribution >= 0.6 is 15.9 Å². The highest BCUT2D eigenvalue weighted by Crippen LogP contribution is 2.13. The molecule has 0 saturated heterocycles. The van der Waals surface area contributed by atoms with E-state index >= 15 is 0 Å². The Balaban J connectivity index is 2.58. The zero-order valence-corrected chi connectivity index (χ0v) is 8.56. The van der Waals surface area contributed by atoms with E-state index in [4.69, 9.17) is 0 Å². The molecule has 0 radical (unpaired) electrons. The lowest BCUT2D eigenvalue weighted by Crippen LogP contribution is -1.97. The van der Waals surface area contributed by atoms with E-state index in [-0.39, 0.29) is 0 Å². The quantitative estimate of drug-likeness (QED) is 0.761. The van der Waals surface area contributed by atoms with Crippen LogP contribution in [0.15, 0.2) is 10.7 Å². The van der Waals surface area contributed by atoms with Crippen LogP contribution in [0.2, 0.25) is 0 Å². The van der Waals surface area contributed by atoms with Crippen molar-refractivity contribution in [1.82, 2.24) is 9.78 Å². The Bertz CT molecular complexity index is 210. The molecule has 2 nitrogen and oxygen atoms in total. The number of aryl methyl sites for hydroxylation is 2. The topological polar surface area (TPSA) is 17.8 Å². The van der Waals surface area contributed by atoms with Crippen LogP contribution in [0.1, 0.15) is 25.5 Å². The van der Waals surface area contributed by atoms with Gasteiger partial charge in [0.05, 0.1) is 10.2 Å². The molecule has 1 aromatic heterocycles. The molecule has 0 unspecified atom stereocenters. The van der Waals surface area contributed by atoms with Crippen molar-refractivity contribution in [3.05, 3.63) is 16.4 Å². The molecule has 0 bridgehead atoms. The SMILES string of the molecule is CCCCn1cc(Br)c(C)n1. The van der Waals surface area contributed by atoms with Crippen molar-refractivity contribution in [2.24, 2.45) is 0 Å². The summed E-state index contributed by atoms with van der Waals surface area (Å²) < 4.78 is 3.09. The van der Waals surface area contributed by atoms with Crippen LogP contribution in [-0.2, 0) is 6.54 Å². The van der Waals surface area contributed by atoms with Gasteiger partial charge in [0, 0.05) is 12.7 Å². The zero-order chi connectivity index (χ0) is 8.27. The number of halogens is 1. The first kappa shape index (κ1) is 8.78.